The molecule has 0 saturated carbocycles. The van der Waals surface area contributed by atoms with Crippen molar-refractivity contribution in [3.05, 3.63) is 47.7 Å². The second-order valence-electron chi connectivity index (χ2n) is 7.16. The molecule has 2 rings (SSSR count). The molecule has 1 aliphatic rings. The highest BCUT2D eigenvalue weighted by Crippen LogP contribution is 2.28. The predicted molar refractivity (Wildman–Crippen MR) is 111 cm³/mol. The summed E-state index contributed by atoms with van der Waals surface area (Å²) in [6, 6.07) is 7.73. The molecule has 1 atom stereocenters. The minimum atomic E-state index is -1.37. The van der Waals surface area contributed by atoms with Gasteiger partial charge in [0.1, 0.15) is 0 Å². The van der Waals surface area contributed by atoms with E-state index in [0.29, 0.717) is 38.2 Å². The van der Waals surface area contributed by atoms with E-state index in [1.54, 1.807) is 6.08 Å². The molecular weight excluding hydrogens is 360 g/mol. The molecule has 0 aliphatic heterocycles. The Bertz CT molecular complexity index is 669. The van der Waals surface area contributed by atoms with Crippen molar-refractivity contribution < 1.29 is 20.4 Å². The lowest BCUT2D eigenvalue weighted by molar-refractivity contribution is -0.0488. The number of nitrogens with zero attached hydrogens (tertiary/aromatic N) is 1. The SMILES string of the molecule is NC1=C(CNc2ccc(N(CCO)CCO)cc2)CC(N)(CCC(O)O)C=C1. The van der Waals surface area contributed by atoms with Gasteiger partial charge in [0.2, 0.25) is 0 Å². The minimum Gasteiger partial charge on any atom is -0.399 e. The summed E-state index contributed by atoms with van der Waals surface area (Å²) in [5.41, 5.74) is 15.3. The predicted octanol–water partition coefficient (Wildman–Crippen LogP) is -0.149. The first-order valence-electron chi connectivity index (χ1n) is 9.49. The fourth-order valence-electron chi connectivity index (χ4n) is 3.28. The number of allylic oxidation sites excluding steroid dienone is 1. The molecule has 28 heavy (non-hydrogen) atoms. The Morgan fingerprint density at radius 3 is 2.32 bits per heavy atom. The molecule has 8 heteroatoms. The van der Waals surface area contributed by atoms with Crippen molar-refractivity contribution >= 4 is 11.4 Å². The van der Waals surface area contributed by atoms with Gasteiger partial charge in [0, 0.05) is 42.2 Å². The van der Waals surface area contributed by atoms with Crippen molar-refractivity contribution in [2.75, 3.05) is 43.1 Å². The lowest BCUT2D eigenvalue weighted by Gasteiger charge is -2.31. The van der Waals surface area contributed by atoms with Crippen LogP contribution in [0.15, 0.2) is 47.7 Å². The molecule has 156 valence electrons. The molecular formula is C20H32N4O4. The smallest absolute Gasteiger partial charge is 0.151 e. The molecule has 0 amide bonds. The number of hydrogen-bond acceptors (Lipinski definition) is 8. The topological polar surface area (TPSA) is 148 Å². The van der Waals surface area contributed by atoms with Crippen molar-refractivity contribution in [3.8, 4) is 0 Å². The highest BCUT2D eigenvalue weighted by atomic mass is 16.5. The van der Waals surface area contributed by atoms with Crippen LogP contribution in [0.5, 0.6) is 0 Å². The number of anilines is 2. The fraction of sp³-hybridized carbons (Fsp3) is 0.500. The van der Waals surface area contributed by atoms with Crippen LogP contribution in [-0.4, -0.2) is 65.1 Å². The van der Waals surface area contributed by atoms with Crippen LogP contribution in [0.4, 0.5) is 11.4 Å². The first-order valence-corrected chi connectivity index (χ1v) is 9.49. The van der Waals surface area contributed by atoms with Gasteiger partial charge in [-0.15, -0.1) is 0 Å². The van der Waals surface area contributed by atoms with Crippen LogP contribution >= 0.6 is 0 Å². The summed E-state index contributed by atoms with van der Waals surface area (Å²) in [4.78, 5) is 1.91. The third-order valence-corrected chi connectivity index (χ3v) is 4.89. The summed E-state index contributed by atoms with van der Waals surface area (Å²) in [6.07, 6.45) is 3.47. The lowest BCUT2D eigenvalue weighted by atomic mass is 9.82. The Kier molecular flexibility index (Phi) is 8.28. The summed E-state index contributed by atoms with van der Waals surface area (Å²) in [7, 11) is 0. The van der Waals surface area contributed by atoms with Gasteiger partial charge in [0.15, 0.2) is 6.29 Å². The first kappa shape index (κ1) is 22.2. The van der Waals surface area contributed by atoms with Crippen LogP contribution in [0, 0.1) is 0 Å². The zero-order chi connectivity index (χ0) is 20.6. The molecule has 0 aromatic heterocycles. The zero-order valence-corrected chi connectivity index (χ0v) is 16.1. The number of nitrogens with one attached hydrogen (secondary N) is 1. The Balaban J connectivity index is 1.96. The zero-order valence-electron chi connectivity index (χ0n) is 16.1. The largest absolute Gasteiger partial charge is 0.399 e. The van der Waals surface area contributed by atoms with E-state index in [1.165, 1.54) is 0 Å². The Morgan fingerprint density at radius 2 is 1.75 bits per heavy atom. The quantitative estimate of drug-likeness (QED) is 0.257. The van der Waals surface area contributed by atoms with Gasteiger partial charge in [-0.05, 0) is 55.2 Å². The molecule has 8 nitrogen and oxygen atoms in total. The molecule has 9 N–H and O–H groups in total. The van der Waals surface area contributed by atoms with E-state index >= 15 is 0 Å². The van der Waals surface area contributed by atoms with Crippen molar-refractivity contribution in [1.82, 2.24) is 0 Å². The molecule has 0 heterocycles. The van der Waals surface area contributed by atoms with Gasteiger partial charge in [0.25, 0.3) is 0 Å². The Hall–Kier alpha value is -2.10. The van der Waals surface area contributed by atoms with Crippen molar-refractivity contribution in [2.45, 2.75) is 31.1 Å². The van der Waals surface area contributed by atoms with E-state index in [0.717, 1.165) is 16.9 Å². The second-order valence-corrected chi connectivity index (χ2v) is 7.16. The number of hydrogen-bond donors (Lipinski definition) is 7. The average molecular weight is 393 g/mol. The van der Waals surface area contributed by atoms with Gasteiger partial charge in [0.05, 0.1) is 13.2 Å². The molecule has 1 aliphatic carbocycles. The van der Waals surface area contributed by atoms with Crippen LogP contribution < -0.4 is 21.7 Å². The highest BCUT2D eigenvalue weighted by molar-refractivity contribution is 5.56. The molecule has 1 aromatic carbocycles. The van der Waals surface area contributed by atoms with Gasteiger partial charge in [-0.1, -0.05) is 6.08 Å². The van der Waals surface area contributed by atoms with E-state index in [9.17, 15) is 0 Å². The maximum Gasteiger partial charge on any atom is 0.151 e. The summed E-state index contributed by atoms with van der Waals surface area (Å²) in [5, 5.41) is 39.8. The maximum absolute atomic E-state index is 9.15. The first-order chi connectivity index (χ1) is 13.4. The third kappa shape index (κ3) is 6.50. The molecule has 0 spiro atoms. The average Bonchev–Trinajstić information content (AvgIpc) is 2.68. The van der Waals surface area contributed by atoms with Crippen molar-refractivity contribution in [3.63, 3.8) is 0 Å². The van der Waals surface area contributed by atoms with Crippen LogP contribution in [0.2, 0.25) is 0 Å². The monoisotopic (exact) mass is 392 g/mol. The van der Waals surface area contributed by atoms with Crippen LogP contribution in [0.25, 0.3) is 0 Å². The van der Waals surface area contributed by atoms with E-state index in [-0.39, 0.29) is 19.6 Å². The number of rotatable bonds is 11. The molecule has 1 aromatic rings. The number of nitrogens with two attached hydrogens (primary N) is 2. The molecule has 0 radical (unpaired) electrons. The van der Waals surface area contributed by atoms with Gasteiger partial charge in [-0.25, -0.2) is 0 Å². The second kappa shape index (κ2) is 10.4. The number of benzene rings is 1. The van der Waals surface area contributed by atoms with E-state index < -0.39 is 11.8 Å². The van der Waals surface area contributed by atoms with E-state index in [1.807, 2.05) is 35.2 Å². The van der Waals surface area contributed by atoms with Gasteiger partial charge < -0.3 is 42.1 Å². The standard InChI is InChI=1S/C20H32N4O4/c21-18-5-7-20(22,8-6-19(27)28)13-15(18)14-23-16-1-3-17(4-2-16)24(9-11-25)10-12-26/h1-5,7,19,23,25-28H,6,8-14,21-22H2. The van der Waals surface area contributed by atoms with Gasteiger partial charge >= 0.3 is 0 Å². The summed E-state index contributed by atoms with van der Waals surface area (Å²) < 4.78 is 0. The molecule has 0 saturated heterocycles. The molecule has 0 fully saturated rings. The lowest BCUT2D eigenvalue weighted by Crippen LogP contribution is -2.41. The Labute approximate surface area is 165 Å². The number of aliphatic hydroxyl groups is 4. The van der Waals surface area contributed by atoms with Crippen molar-refractivity contribution in [2.24, 2.45) is 11.5 Å². The molecule has 1 unspecified atom stereocenters. The normalized spacial score (nSPS) is 19.4. The van der Waals surface area contributed by atoms with Crippen LogP contribution in [0.1, 0.15) is 19.3 Å². The highest BCUT2D eigenvalue weighted by Gasteiger charge is 2.27. The maximum atomic E-state index is 9.15. The van der Waals surface area contributed by atoms with Crippen molar-refractivity contribution in [1.29, 1.82) is 0 Å². The number of aliphatic hydroxyl groups excluding tert-OH is 3. The van der Waals surface area contributed by atoms with Crippen LogP contribution in [-0.2, 0) is 0 Å². The van der Waals surface area contributed by atoms with Crippen LogP contribution in [0.3, 0.4) is 0 Å². The summed E-state index contributed by atoms with van der Waals surface area (Å²) in [6.45, 7) is 1.51. The summed E-state index contributed by atoms with van der Waals surface area (Å²) >= 11 is 0. The minimum absolute atomic E-state index is 0.0229. The van der Waals surface area contributed by atoms with E-state index in [4.69, 9.17) is 31.9 Å². The summed E-state index contributed by atoms with van der Waals surface area (Å²) in [5.74, 6) is 0. The van der Waals surface area contributed by atoms with E-state index in [2.05, 4.69) is 5.32 Å². The molecule has 0 bridgehead atoms. The Morgan fingerprint density at radius 1 is 1.11 bits per heavy atom. The third-order valence-electron chi connectivity index (χ3n) is 4.89. The van der Waals surface area contributed by atoms with Gasteiger partial charge in [-0.3, -0.25) is 0 Å². The van der Waals surface area contributed by atoms with Gasteiger partial charge in [-0.2, -0.15) is 0 Å². The fourth-order valence-corrected chi connectivity index (χ4v) is 3.28.